The Hall–Kier alpha value is -3.85. The van der Waals surface area contributed by atoms with E-state index in [4.69, 9.17) is 8.92 Å². The summed E-state index contributed by atoms with van der Waals surface area (Å²) in [5.74, 6) is -1.05. The second-order valence-electron chi connectivity index (χ2n) is 6.95. The summed E-state index contributed by atoms with van der Waals surface area (Å²) >= 11 is 0. The number of hydrogen-bond acceptors (Lipinski definition) is 6. The summed E-state index contributed by atoms with van der Waals surface area (Å²) in [4.78, 5) is 24.5. The minimum absolute atomic E-state index is 0.0358. The smallest absolute Gasteiger partial charge is 0.341 e. The third-order valence-electron chi connectivity index (χ3n) is 4.48. The minimum Gasteiger partial charge on any atom is -0.465 e. The largest absolute Gasteiger partial charge is 0.465 e. The summed E-state index contributed by atoms with van der Waals surface area (Å²) in [5.41, 5.74) is 2.17. The number of ether oxygens (including phenoxy) is 1. The number of amides is 2. The van der Waals surface area contributed by atoms with Gasteiger partial charge in [-0.15, -0.1) is 0 Å². The number of anilines is 2. The number of urea groups is 1. The van der Waals surface area contributed by atoms with Crippen molar-refractivity contribution in [3.05, 3.63) is 83.4 Å². The topological polar surface area (TPSA) is 111 Å². The van der Waals surface area contributed by atoms with Crippen LogP contribution in [0.1, 0.15) is 21.5 Å². The van der Waals surface area contributed by atoms with Crippen molar-refractivity contribution in [1.82, 2.24) is 0 Å². The van der Waals surface area contributed by atoms with Crippen molar-refractivity contribution >= 4 is 33.5 Å². The van der Waals surface area contributed by atoms with E-state index in [-0.39, 0.29) is 21.9 Å². The van der Waals surface area contributed by atoms with Crippen LogP contribution in [-0.2, 0) is 14.9 Å². The molecule has 166 valence electrons. The second kappa shape index (κ2) is 9.52. The maximum absolute atomic E-state index is 12.8. The predicted octanol–water partition coefficient (Wildman–Crippen LogP) is 4.50. The van der Waals surface area contributed by atoms with E-state index in [0.717, 1.165) is 5.56 Å². The molecule has 2 amide bonds. The van der Waals surface area contributed by atoms with Crippen molar-refractivity contribution in [3.8, 4) is 5.75 Å². The van der Waals surface area contributed by atoms with Crippen LogP contribution in [0.25, 0.3) is 0 Å². The van der Waals surface area contributed by atoms with Crippen molar-refractivity contribution in [2.45, 2.75) is 18.7 Å². The summed E-state index contributed by atoms with van der Waals surface area (Å²) in [5, 5.41) is 5.27. The monoisotopic (exact) mass is 454 g/mol. The molecule has 0 atom stereocenters. The highest BCUT2D eigenvalue weighted by Gasteiger charge is 2.23. The van der Waals surface area contributed by atoms with Crippen LogP contribution in [0.5, 0.6) is 5.75 Å². The van der Waals surface area contributed by atoms with E-state index in [1.165, 1.54) is 31.4 Å². The van der Waals surface area contributed by atoms with E-state index in [1.54, 1.807) is 43.3 Å². The van der Waals surface area contributed by atoms with Gasteiger partial charge in [-0.2, -0.15) is 8.42 Å². The fourth-order valence-electron chi connectivity index (χ4n) is 2.96. The lowest BCUT2D eigenvalue weighted by molar-refractivity contribution is 0.0599. The fraction of sp³-hybridized carbons (Fsp3) is 0.130. The molecule has 8 nitrogen and oxygen atoms in total. The number of esters is 1. The molecule has 3 rings (SSSR count). The van der Waals surface area contributed by atoms with Crippen LogP contribution >= 0.6 is 0 Å². The Morgan fingerprint density at radius 1 is 0.844 bits per heavy atom. The predicted molar refractivity (Wildman–Crippen MR) is 121 cm³/mol. The molecule has 0 saturated carbocycles. The Bertz CT molecular complexity index is 1270. The first-order chi connectivity index (χ1) is 15.2. The fourth-order valence-corrected chi connectivity index (χ4v) is 4.14. The van der Waals surface area contributed by atoms with Crippen LogP contribution in [0.15, 0.2) is 71.6 Å². The van der Waals surface area contributed by atoms with E-state index >= 15 is 0 Å². The van der Waals surface area contributed by atoms with Gasteiger partial charge in [-0.1, -0.05) is 30.3 Å². The summed E-state index contributed by atoms with van der Waals surface area (Å²) in [6.45, 7) is 3.53. The molecule has 0 aliphatic heterocycles. The summed E-state index contributed by atoms with van der Waals surface area (Å²) in [6.07, 6.45) is 0. The molecule has 0 fully saturated rings. The van der Waals surface area contributed by atoms with Crippen LogP contribution in [0.4, 0.5) is 16.2 Å². The van der Waals surface area contributed by atoms with Crippen LogP contribution < -0.4 is 14.8 Å². The van der Waals surface area contributed by atoms with Gasteiger partial charge in [0.25, 0.3) is 0 Å². The van der Waals surface area contributed by atoms with E-state index in [2.05, 4.69) is 10.6 Å². The first kappa shape index (κ1) is 22.8. The van der Waals surface area contributed by atoms with Gasteiger partial charge in [0.05, 0.1) is 7.11 Å². The molecule has 0 bridgehead atoms. The Labute approximate surface area is 186 Å². The number of methoxy groups -OCH3 is 1. The number of carbonyl (C=O) groups excluding carboxylic acids is 2. The lowest BCUT2D eigenvalue weighted by Gasteiger charge is -2.14. The standard InChI is InChI=1S/C23H22N2O6S/c1-15-7-6-9-17(13-15)24-23(27)25-18-11-12-19(22(26)30-3)20(14-18)31-32(28,29)21-10-5-4-8-16(21)2/h4-14H,1-3H3,(H2,24,25,27). The molecule has 0 aliphatic rings. The zero-order chi connectivity index (χ0) is 23.3. The number of benzene rings is 3. The van der Waals surface area contributed by atoms with Crippen molar-refractivity contribution in [3.63, 3.8) is 0 Å². The Kier molecular flexibility index (Phi) is 6.79. The molecule has 0 unspecified atom stereocenters. The van der Waals surface area contributed by atoms with Gasteiger partial charge in [-0.25, -0.2) is 9.59 Å². The number of nitrogens with one attached hydrogen (secondary N) is 2. The molecule has 32 heavy (non-hydrogen) atoms. The number of rotatable bonds is 6. The van der Waals surface area contributed by atoms with Gasteiger partial charge in [0.1, 0.15) is 10.5 Å². The van der Waals surface area contributed by atoms with Gasteiger partial charge < -0.3 is 19.6 Å². The SMILES string of the molecule is COC(=O)c1ccc(NC(=O)Nc2cccc(C)c2)cc1OS(=O)(=O)c1ccccc1C. The van der Waals surface area contributed by atoms with Gasteiger partial charge in [-0.05, 0) is 55.3 Å². The highest BCUT2D eigenvalue weighted by Crippen LogP contribution is 2.28. The molecule has 9 heteroatoms. The second-order valence-corrected chi connectivity index (χ2v) is 8.47. The quantitative estimate of drug-likeness (QED) is 0.419. The van der Waals surface area contributed by atoms with Crippen LogP contribution in [0, 0.1) is 13.8 Å². The molecule has 0 saturated heterocycles. The summed E-state index contributed by atoms with van der Waals surface area (Å²) < 4.78 is 35.6. The lowest BCUT2D eigenvalue weighted by Crippen LogP contribution is -2.20. The highest BCUT2D eigenvalue weighted by molar-refractivity contribution is 7.87. The number of carbonyl (C=O) groups is 2. The summed E-state index contributed by atoms with van der Waals surface area (Å²) in [7, 11) is -3.07. The Morgan fingerprint density at radius 2 is 1.53 bits per heavy atom. The molecule has 2 N–H and O–H groups in total. The molecule has 0 radical (unpaired) electrons. The maximum atomic E-state index is 12.8. The van der Waals surface area contributed by atoms with Gasteiger partial charge in [-0.3, -0.25) is 0 Å². The molecule has 0 spiro atoms. The molecule has 0 aromatic heterocycles. The number of hydrogen-bond donors (Lipinski definition) is 2. The normalized spacial score (nSPS) is 10.8. The van der Waals surface area contributed by atoms with Gasteiger partial charge >= 0.3 is 22.1 Å². The average Bonchev–Trinajstić information content (AvgIpc) is 2.73. The van der Waals surface area contributed by atoms with Gasteiger partial charge in [0.2, 0.25) is 0 Å². The average molecular weight is 455 g/mol. The molecule has 3 aromatic carbocycles. The maximum Gasteiger partial charge on any atom is 0.341 e. The van der Waals surface area contributed by atoms with Gasteiger partial charge in [0.15, 0.2) is 5.75 Å². The van der Waals surface area contributed by atoms with Crippen LogP contribution in [0.2, 0.25) is 0 Å². The van der Waals surface area contributed by atoms with Crippen molar-refractivity contribution in [2.24, 2.45) is 0 Å². The highest BCUT2D eigenvalue weighted by atomic mass is 32.2. The third kappa shape index (κ3) is 5.44. The first-order valence-corrected chi connectivity index (χ1v) is 11.0. The Morgan fingerprint density at radius 3 is 2.19 bits per heavy atom. The minimum atomic E-state index is -4.24. The first-order valence-electron chi connectivity index (χ1n) is 9.57. The molecule has 0 aliphatic carbocycles. The molecular weight excluding hydrogens is 432 g/mol. The van der Waals surface area contributed by atoms with Crippen molar-refractivity contribution in [2.75, 3.05) is 17.7 Å². The lowest BCUT2D eigenvalue weighted by atomic mass is 10.2. The van der Waals surface area contributed by atoms with Crippen molar-refractivity contribution < 1.29 is 26.9 Å². The zero-order valence-corrected chi connectivity index (χ0v) is 18.5. The molecule has 0 heterocycles. The van der Waals surface area contributed by atoms with Crippen LogP contribution in [0.3, 0.4) is 0 Å². The summed E-state index contributed by atoms with van der Waals surface area (Å²) in [6, 6.07) is 17.0. The van der Waals surface area contributed by atoms with E-state index in [0.29, 0.717) is 11.3 Å². The van der Waals surface area contributed by atoms with Gasteiger partial charge in [0, 0.05) is 17.4 Å². The molecule has 3 aromatic rings. The Balaban J connectivity index is 1.89. The van der Waals surface area contributed by atoms with Crippen molar-refractivity contribution in [1.29, 1.82) is 0 Å². The van der Waals surface area contributed by atoms with E-state index in [1.807, 2.05) is 13.0 Å². The zero-order valence-electron chi connectivity index (χ0n) is 17.7. The van der Waals surface area contributed by atoms with E-state index in [9.17, 15) is 18.0 Å². The van der Waals surface area contributed by atoms with Crippen LogP contribution in [-0.4, -0.2) is 27.5 Å². The molecular formula is C23H22N2O6S. The third-order valence-corrected chi connectivity index (χ3v) is 5.88. The van der Waals surface area contributed by atoms with E-state index < -0.39 is 22.1 Å². The number of aryl methyl sites for hydroxylation is 2.